The Morgan fingerprint density at radius 1 is 1.05 bits per heavy atom. The minimum absolute atomic E-state index is 0.182. The second-order valence-electron chi connectivity index (χ2n) is 6.11. The van der Waals surface area contributed by atoms with Crippen molar-refractivity contribution in [1.82, 2.24) is 0 Å². The summed E-state index contributed by atoms with van der Waals surface area (Å²) in [5, 5.41) is 0. The van der Waals surface area contributed by atoms with Crippen molar-refractivity contribution in [3.05, 3.63) is 77.6 Å². The van der Waals surface area contributed by atoms with Crippen LogP contribution in [0.4, 0.5) is 10.1 Å². The van der Waals surface area contributed by atoms with E-state index in [4.69, 9.17) is 0 Å². The molecule has 0 spiro atoms. The van der Waals surface area contributed by atoms with Gasteiger partial charge in [0.2, 0.25) is 0 Å². The van der Waals surface area contributed by atoms with Gasteiger partial charge in [0.15, 0.2) is 0 Å². The number of hydrogen-bond acceptors (Lipinski definition) is 1. The number of hydrogen-bond donors (Lipinski definition) is 0. The Bertz CT molecular complexity index is 672. The average Bonchev–Trinajstić information content (AvgIpc) is 2.83. The lowest BCUT2D eigenvalue weighted by molar-refractivity contribution is 0.601. The number of fused-ring (bicyclic) bond motifs is 1. The van der Waals surface area contributed by atoms with E-state index < -0.39 is 0 Å². The number of para-hydroxylation sites is 1. The fourth-order valence-corrected chi connectivity index (χ4v) is 3.56. The Balaban J connectivity index is 2.15. The summed E-state index contributed by atoms with van der Waals surface area (Å²) in [6.07, 6.45) is 4.37. The molecule has 2 atom stereocenters. The summed E-state index contributed by atoms with van der Waals surface area (Å²) in [6, 6.07) is 16.2. The molecule has 22 heavy (non-hydrogen) atoms. The molecule has 1 aliphatic heterocycles. The molecule has 1 aliphatic rings. The Labute approximate surface area is 132 Å². The maximum absolute atomic E-state index is 13.3. The fourth-order valence-electron chi connectivity index (χ4n) is 3.56. The van der Waals surface area contributed by atoms with Crippen LogP contribution in [0, 0.1) is 5.82 Å². The summed E-state index contributed by atoms with van der Waals surface area (Å²) < 4.78 is 13.3. The summed E-state index contributed by atoms with van der Waals surface area (Å²) in [4.78, 5) is 2.46. The van der Waals surface area contributed by atoms with Crippen LogP contribution >= 0.6 is 0 Å². The van der Waals surface area contributed by atoms with E-state index in [-0.39, 0.29) is 17.8 Å². The number of allylic oxidation sites excluding steroid dienone is 1. The lowest BCUT2D eigenvalue weighted by atomic mass is 9.87. The number of rotatable bonds is 3. The molecule has 0 N–H and O–H groups in total. The predicted octanol–water partition coefficient (Wildman–Crippen LogP) is 5.13. The molecule has 2 unspecified atom stereocenters. The topological polar surface area (TPSA) is 3.24 Å². The molecule has 0 aliphatic carbocycles. The van der Waals surface area contributed by atoms with Gasteiger partial charge in [-0.25, -0.2) is 4.39 Å². The zero-order chi connectivity index (χ0) is 15.7. The number of nitrogens with zero attached hydrogens (tertiary/aromatic N) is 1. The van der Waals surface area contributed by atoms with Crippen molar-refractivity contribution in [2.75, 3.05) is 4.90 Å². The molecule has 0 amide bonds. The summed E-state index contributed by atoms with van der Waals surface area (Å²) in [7, 11) is 0. The Morgan fingerprint density at radius 2 is 1.73 bits per heavy atom. The molecule has 114 valence electrons. The summed E-state index contributed by atoms with van der Waals surface area (Å²) in [5.74, 6) is 0.0636. The van der Waals surface area contributed by atoms with Gasteiger partial charge in [-0.2, -0.15) is 0 Å². The van der Waals surface area contributed by atoms with Gasteiger partial charge in [-0.15, -0.1) is 0 Å². The number of benzene rings is 2. The lowest BCUT2D eigenvalue weighted by Crippen LogP contribution is -2.38. The second kappa shape index (κ2) is 5.96. The minimum atomic E-state index is -0.182. The molecule has 1 nitrogen and oxygen atoms in total. The van der Waals surface area contributed by atoms with Crippen LogP contribution in [0.3, 0.4) is 0 Å². The van der Waals surface area contributed by atoms with Gasteiger partial charge in [-0.3, -0.25) is 0 Å². The molecule has 1 heterocycles. The molecule has 0 aromatic heterocycles. The van der Waals surface area contributed by atoms with Crippen LogP contribution in [0.1, 0.15) is 37.8 Å². The molecule has 0 saturated carbocycles. The standard InChI is InChI=1S/C20H22FN/c1-4-7-19-20(15-10-12-16(21)13-11-15)17-8-5-6-9-18(17)22(19)14(2)3/h4-14,19-20H,1-3H3/b7-4+. The first kappa shape index (κ1) is 14.8. The summed E-state index contributed by atoms with van der Waals surface area (Å²) in [6.45, 7) is 6.50. The van der Waals surface area contributed by atoms with E-state index in [1.54, 1.807) is 12.1 Å². The Morgan fingerprint density at radius 3 is 2.36 bits per heavy atom. The van der Waals surface area contributed by atoms with Crippen LogP contribution < -0.4 is 4.90 Å². The van der Waals surface area contributed by atoms with E-state index in [9.17, 15) is 4.39 Å². The van der Waals surface area contributed by atoms with Crippen LogP contribution in [0.15, 0.2) is 60.7 Å². The second-order valence-corrected chi connectivity index (χ2v) is 6.11. The minimum Gasteiger partial charge on any atom is -0.361 e. The summed E-state index contributed by atoms with van der Waals surface area (Å²) >= 11 is 0. The van der Waals surface area contributed by atoms with E-state index in [2.05, 4.69) is 62.1 Å². The zero-order valence-electron chi connectivity index (χ0n) is 13.3. The third kappa shape index (κ3) is 2.43. The largest absolute Gasteiger partial charge is 0.361 e. The third-order valence-electron chi connectivity index (χ3n) is 4.39. The average molecular weight is 295 g/mol. The third-order valence-corrected chi connectivity index (χ3v) is 4.39. The molecule has 0 fully saturated rings. The quantitative estimate of drug-likeness (QED) is 0.709. The first-order chi connectivity index (χ1) is 10.6. The smallest absolute Gasteiger partial charge is 0.123 e. The van der Waals surface area contributed by atoms with Gasteiger partial charge in [0, 0.05) is 17.6 Å². The number of halogens is 1. The predicted molar refractivity (Wildman–Crippen MR) is 90.9 cm³/mol. The highest BCUT2D eigenvalue weighted by molar-refractivity contribution is 5.66. The molecule has 0 saturated heterocycles. The van der Waals surface area contributed by atoms with E-state index in [0.29, 0.717) is 6.04 Å². The highest BCUT2D eigenvalue weighted by atomic mass is 19.1. The Hall–Kier alpha value is -2.09. The van der Waals surface area contributed by atoms with Crippen LogP contribution in [-0.4, -0.2) is 12.1 Å². The monoisotopic (exact) mass is 295 g/mol. The Kier molecular flexibility index (Phi) is 4.02. The van der Waals surface area contributed by atoms with Crippen molar-refractivity contribution >= 4 is 5.69 Å². The van der Waals surface area contributed by atoms with Gasteiger partial charge < -0.3 is 4.90 Å². The zero-order valence-corrected chi connectivity index (χ0v) is 13.3. The molecular formula is C20H22FN. The van der Waals surface area contributed by atoms with Gasteiger partial charge in [-0.1, -0.05) is 42.5 Å². The lowest BCUT2D eigenvalue weighted by Gasteiger charge is -2.32. The maximum Gasteiger partial charge on any atom is 0.123 e. The van der Waals surface area contributed by atoms with Crippen molar-refractivity contribution in [3.63, 3.8) is 0 Å². The molecule has 2 heteroatoms. The van der Waals surface area contributed by atoms with Crippen molar-refractivity contribution in [2.45, 2.75) is 38.8 Å². The van der Waals surface area contributed by atoms with E-state index in [1.165, 1.54) is 16.8 Å². The van der Waals surface area contributed by atoms with Crippen molar-refractivity contribution < 1.29 is 4.39 Å². The SMILES string of the molecule is C/C=C/C1C(c2ccc(F)cc2)c2ccccc2N1C(C)C. The van der Waals surface area contributed by atoms with E-state index in [1.807, 2.05) is 12.1 Å². The van der Waals surface area contributed by atoms with E-state index >= 15 is 0 Å². The molecule has 0 radical (unpaired) electrons. The fraction of sp³-hybridized carbons (Fsp3) is 0.300. The van der Waals surface area contributed by atoms with Crippen molar-refractivity contribution in [1.29, 1.82) is 0 Å². The van der Waals surface area contributed by atoms with Crippen LogP contribution in [0.25, 0.3) is 0 Å². The van der Waals surface area contributed by atoms with Crippen LogP contribution in [-0.2, 0) is 0 Å². The van der Waals surface area contributed by atoms with Gasteiger partial charge in [0.25, 0.3) is 0 Å². The summed E-state index contributed by atoms with van der Waals surface area (Å²) in [5.41, 5.74) is 3.78. The molecule has 3 rings (SSSR count). The maximum atomic E-state index is 13.3. The van der Waals surface area contributed by atoms with Crippen molar-refractivity contribution in [3.8, 4) is 0 Å². The van der Waals surface area contributed by atoms with Gasteiger partial charge in [0.05, 0.1) is 6.04 Å². The molecule has 0 bridgehead atoms. The normalized spacial score (nSPS) is 20.9. The highest BCUT2D eigenvalue weighted by Gasteiger charge is 2.38. The van der Waals surface area contributed by atoms with Crippen LogP contribution in [0.5, 0.6) is 0 Å². The molecular weight excluding hydrogens is 273 g/mol. The molecule has 2 aromatic rings. The highest BCUT2D eigenvalue weighted by Crippen LogP contribution is 2.46. The van der Waals surface area contributed by atoms with Gasteiger partial charge in [-0.05, 0) is 50.1 Å². The van der Waals surface area contributed by atoms with Gasteiger partial charge >= 0.3 is 0 Å². The van der Waals surface area contributed by atoms with Crippen LogP contribution in [0.2, 0.25) is 0 Å². The molecule has 2 aromatic carbocycles. The van der Waals surface area contributed by atoms with Gasteiger partial charge in [0.1, 0.15) is 5.82 Å². The number of anilines is 1. The van der Waals surface area contributed by atoms with Crippen molar-refractivity contribution in [2.24, 2.45) is 0 Å². The first-order valence-electron chi connectivity index (χ1n) is 7.89. The van der Waals surface area contributed by atoms with E-state index in [0.717, 1.165) is 0 Å². The first-order valence-corrected chi connectivity index (χ1v) is 7.89.